The van der Waals surface area contributed by atoms with Gasteiger partial charge < -0.3 is 5.32 Å². The number of aromatic nitrogens is 4. The van der Waals surface area contributed by atoms with E-state index in [2.05, 4.69) is 20.8 Å². The third kappa shape index (κ3) is 2.95. The summed E-state index contributed by atoms with van der Waals surface area (Å²) in [7, 11) is 0. The molecule has 1 aliphatic carbocycles. The van der Waals surface area contributed by atoms with E-state index in [1.165, 1.54) is 16.8 Å². The molecule has 1 saturated carbocycles. The van der Waals surface area contributed by atoms with Crippen LogP contribution in [0.3, 0.4) is 0 Å². The average molecular weight is 307 g/mol. The summed E-state index contributed by atoms with van der Waals surface area (Å²) >= 11 is 0. The number of hydrogen-bond acceptors (Lipinski definition) is 4. The van der Waals surface area contributed by atoms with Gasteiger partial charge in [-0.25, -0.2) is 13.5 Å². The predicted molar refractivity (Wildman–Crippen MR) is 72.6 cm³/mol. The Morgan fingerprint density at radius 3 is 2.55 bits per heavy atom. The summed E-state index contributed by atoms with van der Waals surface area (Å²) in [6.07, 6.45) is 1.54. The van der Waals surface area contributed by atoms with Crippen LogP contribution in [-0.4, -0.2) is 26.1 Å². The van der Waals surface area contributed by atoms with Crippen LogP contribution in [0.5, 0.6) is 0 Å². The summed E-state index contributed by atoms with van der Waals surface area (Å²) in [5, 5.41) is 13.9. The van der Waals surface area contributed by atoms with Gasteiger partial charge in [0.15, 0.2) is 0 Å². The molecule has 1 aromatic carbocycles. The van der Waals surface area contributed by atoms with Crippen LogP contribution in [0.4, 0.5) is 8.78 Å². The largest absolute Gasteiger partial charge is 0.347 e. The lowest BCUT2D eigenvalue weighted by Crippen LogP contribution is -2.35. The molecule has 0 atom stereocenters. The van der Waals surface area contributed by atoms with Gasteiger partial charge in [0.05, 0.1) is 12.1 Å². The van der Waals surface area contributed by atoms with Crippen LogP contribution in [-0.2, 0) is 16.9 Å². The van der Waals surface area contributed by atoms with Crippen molar-refractivity contribution in [1.29, 1.82) is 0 Å². The van der Waals surface area contributed by atoms with E-state index in [0.717, 1.165) is 6.07 Å². The first-order valence-electron chi connectivity index (χ1n) is 6.99. The van der Waals surface area contributed by atoms with Crippen molar-refractivity contribution in [2.24, 2.45) is 0 Å². The molecule has 0 saturated heterocycles. The Labute approximate surface area is 125 Å². The lowest BCUT2D eigenvalue weighted by atomic mass is 10.0. The number of carbonyl (C=O) groups is 1. The Kier molecular flexibility index (Phi) is 3.59. The first-order chi connectivity index (χ1) is 10.5. The van der Waals surface area contributed by atoms with Crippen molar-refractivity contribution < 1.29 is 13.6 Å². The zero-order valence-corrected chi connectivity index (χ0v) is 12.0. The number of nitrogens with one attached hydrogen (secondary N) is 1. The molecule has 1 aromatic heterocycles. The van der Waals surface area contributed by atoms with Gasteiger partial charge in [0.1, 0.15) is 17.5 Å². The quantitative estimate of drug-likeness (QED) is 0.907. The SMILES string of the molecule is Cc1nnnn1CCC(=O)NC1(c2cc(F)cc(F)c2)CC1. The highest BCUT2D eigenvalue weighted by Gasteiger charge is 2.46. The minimum atomic E-state index is -0.643. The number of tetrazole rings is 1. The molecular weight excluding hydrogens is 292 g/mol. The Hall–Kier alpha value is -2.38. The van der Waals surface area contributed by atoms with E-state index in [-0.39, 0.29) is 12.3 Å². The highest BCUT2D eigenvalue weighted by atomic mass is 19.1. The van der Waals surface area contributed by atoms with E-state index >= 15 is 0 Å². The third-order valence-corrected chi connectivity index (χ3v) is 3.81. The number of benzene rings is 1. The summed E-state index contributed by atoms with van der Waals surface area (Å²) in [4.78, 5) is 12.1. The molecule has 3 rings (SSSR count). The number of amides is 1. The summed E-state index contributed by atoms with van der Waals surface area (Å²) in [5.41, 5.74) is -0.174. The molecule has 0 bridgehead atoms. The summed E-state index contributed by atoms with van der Waals surface area (Å²) in [5.74, 6) is -0.849. The van der Waals surface area contributed by atoms with Gasteiger partial charge in [-0.05, 0) is 47.9 Å². The lowest BCUT2D eigenvalue weighted by Gasteiger charge is -2.18. The standard InChI is InChI=1S/C14H15F2N5O/c1-9-18-19-20-21(9)5-2-13(22)17-14(3-4-14)10-6-11(15)8-12(16)7-10/h6-8H,2-5H2,1H3,(H,17,22). The number of hydrogen-bond donors (Lipinski definition) is 1. The molecule has 1 N–H and O–H groups in total. The topological polar surface area (TPSA) is 72.7 Å². The normalized spacial score (nSPS) is 15.6. The number of rotatable bonds is 5. The van der Waals surface area contributed by atoms with Crippen LogP contribution in [0.1, 0.15) is 30.7 Å². The molecule has 1 aliphatic rings. The van der Waals surface area contributed by atoms with Gasteiger partial charge in [-0.1, -0.05) is 0 Å². The molecule has 2 aromatic rings. The average Bonchev–Trinajstić information content (AvgIpc) is 3.11. The second-order valence-corrected chi connectivity index (χ2v) is 5.49. The summed E-state index contributed by atoms with van der Waals surface area (Å²) in [6, 6.07) is 3.35. The van der Waals surface area contributed by atoms with Crippen LogP contribution in [0.15, 0.2) is 18.2 Å². The minimum absolute atomic E-state index is 0.197. The second-order valence-electron chi connectivity index (χ2n) is 5.49. The molecule has 1 fully saturated rings. The van der Waals surface area contributed by atoms with Crippen molar-refractivity contribution in [2.75, 3.05) is 0 Å². The Morgan fingerprint density at radius 2 is 2.00 bits per heavy atom. The van der Waals surface area contributed by atoms with E-state index < -0.39 is 17.2 Å². The summed E-state index contributed by atoms with van der Waals surface area (Å²) < 4.78 is 28.2. The maximum absolute atomic E-state index is 13.3. The van der Waals surface area contributed by atoms with E-state index in [0.29, 0.717) is 30.8 Å². The minimum Gasteiger partial charge on any atom is -0.347 e. The maximum atomic E-state index is 13.3. The van der Waals surface area contributed by atoms with Gasteiger partial charge in [0.2, 0.25) is 5.91 Å². The zero-order valence-electron chi connectivity index (χ0n) is 12.0. The Balaban J connectivity index is 1.64. The number of aryl methyl sites for hydroxylation is 2. The molecule has 116 valence electrons. The monoisotopic (exact) mass is 307 g/mol. The molecule has 8 heteroatoms. The van der Waals surface area contributed by atoms with Gasteiger partial charge in [-0.3, -0.25) is 4.79 Å². The third-order valence-electron chi connectivity index (χ3n) is 3.81. The van der Waals surface area contributed by atoms with Gasteiger partial charge in [-0.2, -0.15) is 0 Å². The van der Waals surface area contributed by atoms with Crippen LogP contribution >= 0.6 is 0 Å². The fourth-order valence-corrected chi connectivity index (χ4v) is 2.43. The predicted octanol–water partition coefficient (Wildman–Crippen LogP) is 1.46. The highest BCUT2D eigenvalue weighted by molar-refractivity contribution is 5.77. The Bertz CT molecular complexity index is 691. The number of halogens is 2. The van der Waals surface area contributed by atoms with E-state index in [9.17, 15) is 13.6 Å². The van der Waals surface area contributed by atoms with Crippen molar-refractivity contribution in [3.05, 3.63) is 41.2 Å². The second kappa shape index (κ2) is 5.43. The molecular formula is C14H15F2N5O. The van der Waals surface area contributed by atoms with Crippen molar-refractivity contribution in [2.45, 2.75) is 38.3 Å². The van der Waals surface area contributed by atoms with Crippen LogP contribution in [0.25, 0.3) is 0 Å². The fourth-order valence-electron chi connectivity index (χ4n) is 2.43. The molecule has 22 heavy (non-hydrogen) atoms. The molecule has 6 nitrogen and oxygen atoms in total. The van der Waals surface area contributed by atoms with E-state index in [1.54, 1.807) is 6.92 Å². The summed E-state index contributed by atoms with van der Waals surface area (Å²) in [6.45, 7) is 2.11. The highest BCUT2D eigenvalue weighted by Crippen LogP contribution is 2.45. The first kappa shape index (κ1) is 14.6. The van der Waals surface area contributed by atoms with Crippen molar-refractivity contribution >= 4 is 5.91 Å². The van der Waals surface area contributed by atoms with Gasteiger partial charge >= 0.3 is 0 Å². The van der Waals surface area contributed by atoms with E-state index in [4.69, 9.17) is 0 Å². The van der Waals surface area contributed by atoms with Crippen molar-refractivity contribution in [3.63, 3.8) is 0 Å². The maximum Gasteiger partial charge on any atom is 0.222 e. The van der Waals surface area contributed by atoms with Crippen molar-refractivity contribution in [3.8, 4) is 0 Å². The van der Waals surface area contributed by atoms with Crippen LogP contribution < -0.4 is 5.32 Å². The first-order valence-corrected chi connectivity index (χ1v) is 6.99. The van der Waals surface area contributed by atoms with Crippen molar-refractivity contribution in [1.82, 2.24) is 25.5 Å². The molecule has 0 radical (unpaired) electrons. The number of nitrogens with zero attached hydrogens (tertiary/aromatic N) is 4. The zero-order chi connectivity index (χ0) is 15.7. The molecule has 0 aliphatic heterocycles. The Morgan fingerprint density at radius 1 is 1.32 bits per heavy atom. The van der Waals surface area contributed by atoms with Gasteiger partial charge in [-0.15, -0.1) is 5.10 Å². The fraction of sp³-hybridized carbons (Fsp3) is 0.429. The lowest BCUT2D eigenvalue weighted by molar-refractivity contribution is -0.122. The molecule has 0 spiro atoms. The molecule has 1 amide bonds. The smallest absolute Gasteiger partial charge is 0.222 e. The van der Waals surface area contributed by atoms with Gasteiger partial charge in [0.25, 0.3) is 0 Å². The number of carbonyl (C=O) groups excluding carboxylic acids is 1. The molecule has 0 unspecified atom stereocenters. The van der Waals surface area contributed by atoms with E-state index in [1.807, 2.05) is 0 Å². The van der Waals surface area contributed by atoms with Crippen LogP contribution in [0.2, 0.25) is 0 Å². The molecule has 1 heterocycles. The van der Waals surface area contributed by atoms with Crippen LogP contribution in [0, 0.1) is 18.6 Å². The van der Waals surface area contributed by atoms with Gasteiger partial charge in [0, 0.05) is 12.5 Å².